The van der Waals surface area contributed by atoms with Gasteiger partial charge in [-0.25, -0.2) is 0 Å². The number of nitrogens with zero attached hydrogens (tertiary/aromatic N) is 1. The van der Waals surface area contributed by atoms with Gasteiger partial charge in [0.2, 0.25) is 0 Å². The number of rotatable bonds is 3. The van der Waals surface area contributed by atoms with E-state index in [1.165, 1.54) is 6.92 Å². The number of allylic oxidation sites excluding steroid dienone is 9. The lowest BCUT2D eigenvalue weighted by Gasteiger charge is -2.45. The van der Waals surface area contributed by atoms with Gasteiger partial charge in [0.25, 0.3) is 0 Å². The molecule has 0 aliphatic heterocycles. The summed E-state index contributed by atoms with van der Waals surface area (Å²) in [5, 5.41) is 9.64. The van der Waals surface area contributed by atoms with Gasteiger partial charge in [-0.3, -0.25) is 4.79 Å². The molecule has 3 rings (SSSR count). The topological polar surface area (TPSA) is 67.2 Å². The lowest BCUT2D eigenvalue weighted by molar-refractivity contribution is -0.136. The van der Waals surface area contributed by atoms with Gasteiger partial charge in [-0.05, 0) is 49.1 Å². The molecule has 0 amide bonds. The van der Waals surface area contributed by atoms with Crippen LogP contribution in [0.4, 0.5) is 0 Å². The van der Waals surface area contributed by atoms with E-state index < -0.39 is 5.41 Å². The zero-order valence-electron chi connectivity index (χ0n) is 14.7. The second-order valence-electron chi connectivity index (χ2n) is 7.23. The first-order valence-corrected chi connectivity index (χ1v) is 8.41. The first-order valence-electron chi connectivity index (χ1n) is 8.41. The normalized spacial score (nSPS) is 32.8. The van der Waals surface area contributed by atoms with Crippen LogP contribution >= 0.6 is 0 Å². The molecule has 0 bridgehead atoms. The molecule has 0 aromatic heterocycles. The van der Waals surface area contributed by atoms with Crippen molar-refractivity contribution in [2.45, 2.75) is 33.6 Å². The molecule has 128 valence electrons. The Balaban J connectivity index is 2.08. The smallest absolute Gasteiger partial charge is 0.308 e. The second-order valence-corrected chi connectivity index (χ2v) is 7.23. The average molecular weight is 335 g/mol. The molecule has 0 saturated heterocycles. The van der Waals surface area contributed by atoms with E-state index in [1.807, 2.05) is 37.3 Å². The van der Waals surface area contributed by atoms with Gasteiger partial charge >= 0.3 is 5.97 Å². The van der Waals surface area contributed by atoms with E-state index >= 15 is 0 Å². The summed E-state index contributed by atoms with van der Waals surface area (Å²) < 4.78 is 5.20. The highest BCUT2D eigenvalue weighted by Gasteiger charge is 2.46. The summed E-state index contributed by atoms with van der Waals surface area (Å²) in [6.07, 6.45) is 13.7. The van der Waals surface area contributed by atoms with Crippen molar-refractivity contribution < 1.29 is 14.3 Å². The summed E-state index contributed by atoms with van der Waals surface area (Å²) in [6.45, 7) is 5.42. The highest BCUT2D eigenvalue weighted by atomic mass is 16.5. The fraction of sp³-hybridized carbons (Fsp3) is 0.381. The van der Waals surface area contributed by atoms with E-state index in [4.69, 9.17) is 4.74 Å². The minimum atomic E-state index is -0.574. The SMILES string of the molecule is CC(=O)OC1=CC2=CC=C3C(=CC[C@](C)(C#N)C3CC=O)C2(C)C=C1. The van der Waals surface area contributed by atoms with Crippen molar-refractivity contribution in [2.24, 2.45) is 16.7 Å². The van der Waals surface area contributed by atoms with Crippen molar-refractivity contribution in [3.8, 4) is 6.07 Å². The lowest BCUT2D eigenvalue weighted by atomic mass is 9.57. The van der Waals surface area contributed by atoms with E-state index in [1.54, 1.807) is 0 Å². The maximum atomic E-state index is 11.2. The highest BCUT2D eigenvalue weighted by molar-refractivity contribution is 5.69. The molecule has 0 aromatic carbocycles. The molecule has 4 nitrogen and oxygen atoms in total. The molecule has 0 aromatic rings. The van der Waals surface area contributed by atoms with Gasteiger partial charge in [-0.15, -0.1) is 0 Å². The molecule has 25 heavy (non-hydrogen) atoms. The summed E-state index contributed by atoms with van der Waals surface area (Å²) in [5.74, 6) is 0.0625. The van der Waals surface area contributed by atoms with Crippen molar-refractivity contribution in [1.29, 1.82) is 5.26 Å². The summed E-state index contributed by atoms with van der Waals surface area (Å²) in [4.78, 5) is 22.4. The molecular formula is C21H21NO3. The average Bonchev–Trinajstić information content (AvgIpc) is 2.57. The molecule has 0 saturated carbocycles. The molecule has 0 fully saturated rings. The van der Waals surface area contributed by atoms with Crippen molar-refractivity contribution in [3.63, 3.8) is 0 Å². The van der Waals surface area contributed by atoms with E-state index in [0.717, 1.165) is 23.0 Å². The Labute approximate surface area is 147 Å². The Morgan fingerprint density at radius 1 is 1.44 bits per heavy atom. The molecule has 2 unspecified atom stereocenters. The van der Waals surface area contributed by atoms with Crippen molar-refractivity contribution in [3.05, 3.63) is 58.9 Å². The van der Waals surface area contributed by atoms with Gasteiger partial charge in [-0.1, -0.05) is 24.3 Å². The Morgan fingerprint density at radius 3 is 2.84 bits per heavy atom. The van der Waals surface area contributed by atoms with E-state index in [-0.39, 0.29) is 17.3 Å². The minimum Gasteiger partial charge on any atom is -0.427 e. The van der Waals surface area contributed by atoms with Gasteiger partial charge < -0.3 is 9.53 Å². The number of hydrogen-bond acceptors (Lipinski definition) is 4. The summed E-state index contributed by atoms with van der Waals surface area (Å²) >= 11 is 0. The largest absolute Gasteiger partial charge is 0.427 e. The van der Waals surface area contributed by atoms with Gasteiger partial charge in [0.1, 0.15) is 12.0 Å². The Bertz CT molecular complexity index is 834. The lowest BCUT2D eigenvalue weighted by Crippen LogP contribution is -2.37. The number of ether oxygens (including phenoxy) is 1. The van der Waals surface area contributed by atoms with E-state index in [0.29, 0.717) is 18.6 Å². The number of aldehydes is 1. The Kier molecular flexibility index (Phi) is 4.12. The molecule has 0 radical (unpaired) electrons. The zero-order valence-corrected chi connectivity index (χ0v) is 14.7. The van der Waals surface area contributed by atoms with Crippen LogP contribution in [-0.2, 0) is 14.3 Å². The molecule has 3 aliphatic carbocycles. The van der Waals surface area contributed by atoms with Crippen molar-refractivity contribution in [1.82, 2.24) is 0 Å². The van der Waals surface area contributed by atoms with Crippen LogP contribution in [0.5, 0.6) is 0 Å². The van der Waals surface area contributed by atoms with Crippen LogP contribution < -0.4 is 0 Å². The number of carbonyl (C=O) groups is 2. The van der Waals surface area contributed by atoms with Crippen LogP contribution in [0.15, 0.2) is 58.9 Å². The van der Waals surface area contributed by atoms with Gasteiger partial charge in [0.15, 0.2) is 0 Å². The number of fused-ring (bicyclic) bond motifs is 3. The van der Waals surface area contributed by atoms with Crippen LogP contribution in [0, 0.1) is 28.1 Å². The standard InChI is InChI=1S/C21H21NO3/c1-14(24)25-16-6-10-21(3)15(12-16)4-5-17-18(8-11-23)20(2,13-22)9-7-19(17)21/h4-7,10-12,18H,8-9H2,1-3H3/t18?,20-,21?/m1/s1. The van der Waals surface area contributed by atoms with Crippen molar-refractivity contribution >= 4 is 12.3 Å². The summed E-state index contributed by atoms with van der Waals surface area (Å²) in [6, 6.07) is 2.41. The monoisotopic (exact) mass is 335 g/mol. The van der Waals surface area contributed by atoms with Crippen LogP contribution in [0.25, 0.3) is 0 Å². The number of carbonyl (C=O) groups excluding carboxylic acids is 2. The third-order valence-electron chi connectivity index (χ3n) is 5.51. The first kappa shape index (κ1) is 17.2. The van der Waals surface area contributed by atoms with E-state index in [9.17, 15) is 14.9 Å². The minimum absolute atomic E-state index is 0.114. The maximum Gasteiger partial charge on any atom is 0.308 e. The predicted molar refractivity (Wildman–Crippen MR) is 93.9 cm³/mol. The maximum absolute atomic E-state index is 11.2. The summed E-state index contributed by atoms with van der Waals surface area (Å²) in [7, 11) is 0. The quantitative estimate of drug-likeness (QED) is 0.579. The van der Waals surface area contributed by atoms with Gasteiger partial charge in [0, 0.05) is 24.7 Å². The first-order chi connectivity index (χ1) is 11.8. The van der Waals surface area contributed by atoms with Crippen LogP contribution in [0.2, 0.25) is 0 Å². The zero-order chi connectivity index (χ0) is 18.2. The third-order valence-corrected chi connectivity index (χ3v) is 5.51. The molecule has 3 aliphatic rings. The van der Waals surface area contributed by atoms with E-state index in [2.05, 4.69) is 19.1 Å². The van der Waals surface area contributed by atoms with Crippen LogP contribution in [0.3, 0.4) is 0 Å². The number of nitriles is 1. The summed E-state index contributed by atoms with van der Waals surface area (Å²) in [5.41, 5.74) is 2.31. The van der Waals surface area contributed by atoms with Crippen molar-refractivity contribution in [2.75, 3.05) is 0 Å². The number of esters is 1. The Hall–Kier alpha value is -2.67. The fourth-order valence-electron chi connectivity index (χ4n) is 4.00. The van der Waals surface area contributed by atoms with Crippen LogP contribution in [-0.4, -0.2) is 12.3 Å². The van der Waals surface area contributed by atoms with Gasteiger partial charge in [-0.2, -0.15) is 5.26 Å². The predicted octanol–water partition coefficient (Wildman–Crippen LogP) is 3.94. The molecule has 0 N–H and O–H groups in total. The van der Waals surface area contributed by atoms with Crippen LogP contribution in [0.1, 0.15) is 33.6 Å². The molecule has 0 heterocycles. The highest BCUT2D eigenvalue weighted by Crippen LogP contribution is 2.55. The molecule has 0 spiro atoms. The molecule has 3 atom stereocenters. The molecular weight excluding hydrogens is 314 g/mol. The third kappa shape index (κ3) is 2.70. The second kappa shape index (κ2) is 6.00. The Morgan fingerprint density at radius 2 is 2.20 bits per heavy atom. The van der Waals surface area contributed by atoms with Gasteiger partial charge in [0.05, 0.1) is 11.5 Å². The fourth-order valence-corrected chi connectivity index (χ4v) is 4.00. The number of hydrogen-bond donors (Lipinski definition) is 0. The molecule has 4 heteroatoms.